The first kappa shape index (κ1) is 15.1. The highest BCUT2D eigenvalue weighted by molar-refractivity contribution is 5.85. The Bertz CT molecular complexity index is 517. The zero-order chi connectivity index (χ0) is 15.1. The number of amides is 1. The Morgan fingerprint density at radius 3 is 2.52 bits per heavy atom. The van der Waals surface area contributed by atoms with Gasteiger partial charge in [-0.1, -0.05) is 12.1 Å². The molecule has 0 saturated carbocycles. The number of ether oxygens (including phenoxy) is 2. The first-order valence-electron chi connectivity index (χ1n) is 6.64. The molecular weight excluding hydrogens is 274 g/mol. The third kappa shape index (κ3) is 4.92. The quantitative estimate of drug-likeness (QED) is 0.820. The molecule has 1 aliphatic heterocycles. The van der Waals surface area contributed by atoms with Crippen LogP contribution in [0.5, 0.6) is 5.75 Å². The second-order valence-corrected chi connectivity index (χ2v) is 4.52. The fraction of sp³-hybridized carbons (Fsp3) is 0.333. The maximum Gasteiger partial charge on any atom is 0.328 e. The summed E-state index contributed by atoms with van der Waals surface area (Å²) in [4.78, 5) is 24.0. The maximum atomic E-state index is 11.9. The Balaban J connectivity index is 1.83. The van der Waals surface area contributed by atoms with Gasteiger partial charge in [0.2, 0.25) is 0 Å². The van der Waals surface area contributed by atoms with Crippen LogP contribution < -0.4 is 4.74 Å². The number of carboxylic acid groups (broad SMARTS) is 1. The van der Waals surface area contributed by atoms with Gasteiger partial charge in [-0.3, -0.25) is 4.79 Å². The largest absolute Gasteiger partial charge is 0.484 e. The SMILES string of the molecule is O=C(O)/C=C/c1ccc(OCC(=O)N2CCOCC2)cc1. The molecule has 1 aromatic carbocycles. The molecule has 1 aromatic rings. The summed E-state index contributed by atoms with van der Waals surface area (Å²) in [5, 5.41) is 8.54. The predicted octanol–water partition coefficient (Wildman–Crippen LogP) is 1.02. The molecule has 1 saturated heterocycles. The number of carboxylic acids is 1. The average molecular weight is 291 g/mol. The zero-order valence-electron chi connectivity index (χ0n) is 11.5. The molecule has 1 fully saturated rings. The molecule has 0 unspecified atom stereocenters. The molecule has 0 aromatic heterocycles. The minimum absolute atomic E-state index is 0.00961. The van der Waals surface area contributed by atoms with Gasteiger partial charge in [-0.25, -0.2) is 4.79 Å². The highest BCUT2D eigenvalue weighted by atomic mass is 16.5. The molecule has 1 amide bonds. The van der Waals surface area contributed by atoms with Crippen LogP contribution in [0, 0.1) is 0 Å². The summed E-state index contributed by atoms with van der Waals surface area (Å²) in [5.74, 6) is -0.483. The lowest BCUT2D eigenvalue weighted by Crippen LogP contribution is -2.42. The number of benzene rings is 1. The van der Waals surface area contributed by atoms with Gasteiger partial charge >= 0.3 is 5.97 Å². The van der Waals surface area contributed by atoms with Crippen LogP contribution in [0.25, 0.3) is 6.08 Å². The van der Waals surface area contributed by atoms with Gasteiger partial charge in [0.15, 0.2) is 6.61 Å². The summed E-state index contributed by atoms with van der Waals surface area (Å²) >= 11 is 0. The number of hydrogen-bond donors (Lipinski definition) is 1. The number of morpholine rings is 1. The van der Waals surface area contributed by atoms with E-state index in [0.29, 0.717) is 32.1 Å². The molecule has 21 heavy (non-hydrogen) atoms. The summed E-state index contributed by atoms with van der Waals surface area (Å²) in [5.41, 5.74) is 0.754. The minimum Gasteiger partial charge on any atom is -0.484 e. The van der Waals surface area contributed by atoms with Gasteiger partial charge in [-0.2, -0.15) is 0 Å². The van der Waals surface area contributed by atoms with Gasteiger partial charge in [0.25, 0.3) is 5.91 Å². The molecule has 1 aliphatic rings. The normalized spacial score (nSPS) is 15.1. The third-order valence-corrected chi connectivity index (χ3v) is 3.02. The maximum absolute atomic E-state index is 11.9. The molecule has 0 bridgehead atoms. The summed E-state index contributed by atoms with van der Waals surface area (Å²) in [6, 6.07) is 6.87. The van der Waals surface area contributed by atoms with Crippen molar-refractivity contribution in [1.29, 1.82) is 0 Å². The van der Waals surface area contributed by atoms with Crippen molar-refractivity contribution in [3.63, 3.8) is 0 Å². The van der Waals surface area contributed by atoms with E-state index in [2.05, 4.69) is 0 Å². The van der Waals surface area contributed by atoms with E-state index >= 15 is 0 Å². The van der Waals surface area contributed by atoms with E-state index in [-0.39, 0.29) is 12.5 Å². The van der Waals surface area contributed by atoms with Crippen LogP contribution in [0.4, 0.5) is 0 Å². The number of carbonyl (C=O) groups excluding carboxylic acids is 1. The van der Waals surface area contributed by atoms with E-state index in [4.69, 9.17) is 14.6 Å². The van der Waals surface area contributed by atoms with E-state index in [0.717, 1.165) is 11.6 Å². The van der Waals surface area contributed by atoms with Crippen LogP contribution >= 0.6 is 0 Å². The predicted molar refractivity (Wildman–Crippen MR) is 76.0 cm³/mol. The fourth-order valence-electron chi connectivity index (χ4n) is 1.89. The second-order valence-electron chi connectivity index (χ2n) is 4.52. The number of nitrogens with zero attached hydrogens (tertiary/aromatic N) is 1. The number of hydrogen-bond acceptors (Lipinski definition) is 4. The van der Waals surface area contributed by atoms with Crippen molar-refractivity contribution in [2.75, 3.05) is 32.9 Å². The second kappa shape index (κ2) is 7.44. The Kier molecular flexibility index (Phi) is 5.34. The van der Waals surface area contributed by atoms with Crippen molar-refractivity contribution in [3.8, 4) is 5.75 Å². The standard InChI is InChI=1S/C15H17NO5/c17-14(16-7-9-20-10-8-16)11-21-13-4-1-12(2-5-13)3-6-15(18)19/h1-6H,7-11H2,(H,18,19)/b6-3+. The van der Waals surface area contributed by atoms with Crippen molar-refractivity contribution in [1.82, 2.24) is 4.90 Å². The molecule has 1 heterocycles. The van der Waals surface area contributed by atoms with Gasteiger partial charge in [-0.05, 0) is 23.8 Å². The van der Waals surface area contributed by atoms with Crippen molar-refractivity contribution in [2.45, 2.75) is 0 Å². The number of carbonyl (C=O) groups is 2. The smallest absolute Gasteiger partial charge is 0.328 e. The number of aliphatic carboxylic acids is 1. The van der Waals surface area contributed by atoms with Gasteiger partial charge in [0.05, 0.1) is 13.2 Å². The molecule has 6 heteroatoms. The summed E-state index contributed by atoms with van der Waals surface area (Å²) in [6.45, 7) is 2.32. The van der Waals surface area contributed by atoms with Crippen LogP contribution in [0.15, 0.2) is 30.3 Å². The van der Waals surface area contributed by atoms with Gasteiger partial charge < -0.3 is 19.5 Å². The monoisotopic (exact) mass is 291 g/mol. The van der Waals surface area contributed by atoms with Crippen molar-refractivity contribution in [2.24, 2.45) is 0 Å². The third-order valence-electron chi connectivity index (χ3n) is 3.02. The van der Waals surface area contributed by atoms with E-state index in [1.165, 1.54) is 6.08 Å². The van der Waals surface area contributed by atoms with Crippen LogP contribution in [0.3, 0.4) is 0 Å². The summed E-state index contributed by atoms with van der Waals surface area (Å²) in [6.07, 6.45) is 2.56. The fourth-order valence-corrected chi connectivity index (χ4v) is 1.89. The Labute approximate surface area is 122 Å². The highest BCUT2D eigenvalue weighted by Crippen LogP contribution is 2.13. The van der Waals surface area contributed by atoms with E-state index in [9.17, 15) is 9.59 Å². The Morgan fingerprint density at radius 2 is 1.90 bits per heavy atom. The molecule has 112 valence electrons. The summed E-state index contributed by atoms with van der Waals surface area (Å²) in [7, 11) is 0. The van der Waals surface area contributed by atoms with Gasteiger partial charge in [-0.15, -0.1) is 0 Å². The molecule has 0 atom stereocenters. The molecule has 1 N–H and O–H groups in total. The van der Waals surface area contributed by atoms with Crippen molar-refractivity contribution < 1.29 is 24.2 Å². The topological polar surface area (TPSA) is 76.1 Å². The Morgan fingerprint density at radius 1 is 1.24 bits per heavy atom. The van der Waals surface area contributed by atoms with E-state index in [1.807, 2.05) is 0 Å². The lowest BCUT2D eigenvalue weighted by Gasteiger charge is -2.26. The highest BCUT2D eigenvalue weighted by Gasteiger charge is 2.16. The van der Waals surface area contributed by atoms with Crippen molar-refractivity contribution in [3.05, 3.63) is 35.9 Å². The van der Waals surface area contributed by atoms with Gasteiger partial charge in [0.1, 0.15) is 5.75 Å². The first-order chi connectivity index (χ1) is 10.1. The lowest BCUT2D eigenvalue weighted by atomic mass is 10.2. The minimum atomic E-state index is -0.994. The summed E-state index contributed by atoms with van der Waals surface area (Å²) < 4.78 is 10.6. The molecule has 0 radical (unpaired) electrons. The van der Waals surface area contributed by atoms with Crippen LogP contribution in [-0.4, -0.2) is 54.8 Å². The molecule has 2 rings (SSSR count). The van der Waals surface area contributed by atoms with Crippen molar-refractivity contribution >= 4 is 18.0 Å². The average Bonchev–Trinajstić information content (AvgIpc) is 2.52. The first-order valence-corrected chi connectivity index (χ1v) is 6.64. The molecule has 6 nitrogen and oxygen atoms in total. The lowest BCUT2D eigenvalue weighted by molar-refractivity contribution is -0.137. The molecular formula is C15H17NO5. The number of rotatable bonds is 5. The molecule has 0 spiro atoms. The molecule has 0 aliphatic carbocycles. The van der Waals surface area contributed by atoms with Crippen LogP contribution in [-0.2, 0) is 14.3 Å². The zero-order valence-corrected chi connectivity index (χ0v) is 11.5. The van der Waals surface area contributed by atoms with E-state index < -0.39 is 5.97 Å². The van der Waals surface area contributed by atoms with Crippen LogP contribution in [0.1, 0.15) is 5.56 Å². The van der Waals surface area contributed by atoms with Gasteiger partial charge in [0, 0.05) is 19.2 Å². The van der Waals surface area contributed by atoms with Crippen LogP contribution in [0.2, 0.25) is 0 Å². The van der Waals surface area contributed by atoms with E-state index in [1.54, 1.807) is 29.2 Å². The Hall–Kier alpha value is -2.34.